The lowest BCUT2D eigenvalue weighted by Crippen LogP contribution is -1.93. The third-order valence-corrected chi connectivity index (χ3v) is 11.4. The van der Waals surface area contributed by atoms with Crippen molar-refractivity contribution in [2.75, 3.05) is 0 Å². The second-order valence-corrected chi connectivity index (χ2v) is 14.0. The molecule has 0 amide bonds. The molecule has 4 heterocycles. The van der Waals surface area contributed by atoms with Crippen molar-refractivity contribution in [2.45, 2.75) is 0 Å². The van der Waals surface area contributed by atoms with E-state index < -0.39 is 0 Å². The van der Waals surface area contributed by atoms with Crippen molar-refractivity contribution in [1.82, 2.24) is 19.3 Å². The van der Waals surface area contributed by atoms with Crippen LogP contribution in [-0.2, 0) is 0 Å². The van der Waals surface area contributed by atoms with Crippen LogP contribution >= 0.6 is 11.3 Å². The molecule has 0 aliphatic rings. The molecule has 52 heavy (non-hydrogen) atoms. The van der Waals surface area contributed by atoms with Gasteiger partial charge in [-0.2, -0.15) is 0 Å². The number of thiophene rings is 1. The average molecular weight is 685 g/mol. The summed E-state index contributed by atoms with van der Waals surface area (Å²) in [5.41, 5.74) is 11.1. The van der Waals surface area contributed by atoms with Gasteiger partial charge in [0.2, 0.25) is 11.8 Å². The van der Waals surface area contributed by atoms with E-state index in [0.29, 0.717) is 11.8 Å². The zero-order chi connectivity index (χ0) is 34.2. The first kappa shape index (κ1) is 29.0. The second-order valence-electron chi connectivity index (χ2n) is 13.0. The molecule has 0 radical (unpaired) electrons. The lowest BCUT2D eigenvalue weighted by Gasteiger charge is -2.09. The van der Waals surface area contributed by atoms with Gasteiger partial charge in [-0.3, -0.25) is 0 Å². The quantitative estimate of drug-likeness (QED) is 0.181. The fourth-order valence-electron chi connectivity index (χ4n) is 7.91. The molecule has 244 valence electrons. The first-order chi connectivity index (χ1) is 25.8. The van der Waals surface area contributed by atoms with Crippen molar-refractivity contribution in [2.24, 2.45) is 0 Å². The molecule has 6 heteroatoms. The molecule has 5 nitrogen and oxygen atoms in total. The van der Waals surface area contributed by atoms with Crippen molar-refractivity contribution in [1.29, 1.82) is 0 Å². The van der Waals surface area contributed by atoms with Crippen LogP contribution in [0.15, 0.2) is 174 Å². The Hall–Kier alpha value is -6.76. The number of hydrogen-bond acceptors (Lipinski definition) is 4. The minimum Gasteiger partial charge on any atom is -0.416 e. The van der Waals surface area contributed by atoms with Gasteiger partial charge in [-0.1, -0.05) is 121 Å². The summed E-state index contributed by atoms with van der Waals surface area (Å²) in [7, 11) is 0. The van der Waals surface area contributed by atoms with E-state index in [1.165, 1.54) is 58.7 Å². The molecule has 0 aliphatic heterocycles. The fourth-order valence-corrected chi connectivity index (χ4v) is 9.24. The lowest BCUT2D eigenvalue weighted by molar-refractivity contribution is 0.585. The molecular weight excluding hydrogens is 657 g/mol. The van der Waals surface area contributed by atoms with E-state index in [1.807, 2.05) is 47.7 Å². The molecule has 7 aromatic carbocycles. The van der Waals surface area contributed by atoms with Crippen LogP contribution in [0.25, 0.3) is 98.4 Å². The Morgan fingerprint density at radius 2 is 0.942 bits per heavy atom. The highest BCUT2D eigenvalue weighted by atomic mass is 32.1. The minimum atomic E-state index is 0.504. The molecule has 0 N–H and O–H groups in total. The van der Waals surface area contributed by atoms with Gasteiger partial charge in [0, 0.05) is 48.6 Å². The van der Waals surface area contributed by atoms with Crippen LogP contribution in [-0.4, -0.2) is 19.3 Å². The number of fused-ring (bicyclic) bond motifs is 8. The van der Waals surface area contributed by atoms with E-state index in [0.717, 1.165) is 27.9 Å². The van der Waals surface area contributed by atoms with Gasteiger partial charge in [-0.05, 0) is 54.1 Å². The number of aromatic nitrogens is 4. The average Bonchev–Trinajstić information content (AvgIpc) is 4.00. The Labute approximate surface area is 302 Å². The topological polar surface area (TPSA) is 48.8 Å². The zero-order valence-electron chi connectivity index (χ0n) is 27.8. The molecule has 0 saturated heterocycles. The number of para-hydroxylation sites is 3. The summed E-state index contributed by atoms with van der Waals surface area (Å²) < 4.78 is 13.7. The lowest BCUT2D eigenvalue weighted by atomic mass is 9.98. The van der Waals surface area contributed by atoms with E-state index in [1.54, 1.807) is 0 Å². The fraction of sp³-hybridized carbons (Fsp3) is 0. The highest BCUT2D eigenvalue weighted by Crippen LogP contribution is 2.47. The molecule has 0 atom stereocenters. The summed E-state index contributed by atoms with van der Waals surface area (Å²) in [5.74, 6) is 1.01. The maximum atomic E-state index is 6.28. The van der Waals surface area contributed by atoms with Gasteiger partial charge in [-0.25, -0.2) is 0 Å². The maximum Gasteiger partial charge on any atom is 0.248 e. The summed E-state index contributed by atoms with van der Waals surface area (Å²) in [6.07, 6.45) is 0. The molecule has 0 aliphatic carbocycles. The third-order valence-electron chi connectivity index (χ3n) is 10.1. The predicted octanol–water partition coefficient (Wildman–Crippen LogP) is 12.5. The van der Waals surface area contributed by atoms with Crippen LogP contribution in [0.4, 0.5) is 0 Å². The summed E-state index contributed by atoms with van der Waals surface area (Å²) in [4.78, 5) is 0. The van der Waals surface area contributed by atoms with Gasteiger partial charge in [0.25, 0.3) is 0 Å². The van der Waals surface area contributed by atoms with Crippen LogP contribution in [0.3, 0.4) is 0 Å². The van der Waals surface area contributed by atoms with Gasteiger partial charge in [0.1, 0.15) is 0 Å². The Morgan fingerprint density at radius 3 is 1.71 bits per heavy atom. The number of benzene rings is 7. The van der Waals surface area contributed by atoms with E-state index in [9.17, 15) is 0 Å². The molecular formula is C46H28N4OS. The largest absolute Gasteiger partial charge is 0.416 e. The van der Waals surface area contributed by atoms with Crippen molar-refractivity contribution in [3.8, 4) is 45.4 Å². The van der Waals surface area contributed by atoms with Crippen LogP contribution < -0.4 is 0 Å². The first-order valence-electron chi connectivity index (χ1n) is 17.3. The van der Waals surface area contributed by atoms with Crippen LogP contribution in [0, 0.1) is 0 Å². The molecule has 0 fully saturated rings. The standard InChI is InChI=1S/C46H28N4OS/c1-3-15-29(16-4-1)45-47-48-46(51-45)35-20-8-7-19-31(35)32-23-13-24-33-34-25-14-28-40(44(34)52-43(32)33)50-39-27-12-10-22-37(39)41-42(50)36-21-9-11-26-38(36)49(41)30-17-5-2-6-18-30/h1-28H. The van der Waals surface area contributed by atoms with Crippen molar-refractivity contribution in [3.05, 3.63) is 170 Å². The van der Waals surface area contributed by atoms with E-state index >= 15 is 0 Å². The Balaban J connectivity index is 1.17. The Kier molecular flexibility index (Phi) is 6.35. The van der Waals surface area contributed by atoms with Crippen LogP contribution in [0.1, 0.15) is 0 Å². The molecule has 11 aromatic rings. The predicted molar refractivity (Wildman–Crippen MR) is 215 cm³/mol. The zero-order valence-corrected chi connectivity index (χ0v) is 28.6. The molecule has 0 saturated carbocycles. The van der Waals surface area contributed by atoms with E-state index in [2.05, 4.69) is 153 Å². The van der Waals surface area contributed by atoms with Gasteiger partial charge in [-0.15, -0.1) is 21.5 Å². The van der Waals surface area contributed by atoms with E-state index in [-0.39, 0.29) is 0 Å². The second kappa shape index (κ2) is 11.4. The summed E-state index contributed by atoms with van der Waals surface area (Å²) in [6.45, 7) is 0. The maximum absolute atomic E-state index is 6.28. The Bertz CT molecular complexity index is 3120. The third kappa shape index (κ3) is 4.22. The number of rotatable bonds is 5. The van der Waals surface area contributed by atoms with Gasteiger partial charge >= 0.3 is 0 Å². The summed E-state index contributed by atoms with van der Waals surface area (Å²) >= 11 is 1.85. The normalized spacial score (nSPS) is 11.8. The molecule has 0 spiro atoms. The van der Waals surface area contributed by atoms with Gasteiger partial charge in [0.15, 0.2) is 0 Å². The smallest absolute Gasteiger partial charge is 0.248 e. The molecule has 4 aromatic heterocycles. The monoisotopic (exact) mass is 684 g/mol. The van der Waals surface area contributed by atoms with E-state index in [4.69, 9.17) is 4.42 Å². The molecule has 11 rings (SSSR count). The highest BCUT2D eigenvalue weighted by molar-refractivity contribution is 7.26. The highest BCUT2D eigenvalue weighted by Gasteiger charge is 2.24. The number of nitrogens with zero attached hydrogens (tertiary/aromatic N) is 4. The molecule has 0 unspecified atom stereocenters. The van der Waals surface area contributed by atoms with Crippen LogP contribution in [0.5, 0.6) is 0 Å². The van der Waals surface area contributed by atoms with Crippen molar-refractivity contribution >= 4 is 64.3 Å². The van der Waals surface area contributed by atoms with Crippen molar-refractivity contribution in [3.63, 3.8) is 0 Å². The van der Waals surface area contributed by atoms with Crippen LogP contribution in [0.2, 0.25) is 0 Å². The minimum absolute atomic E-state index is 0.504. The van der Waals surface area contributed by atoms with Gasteiger partial charge < -0.3 is 13.6 Å². The number of hydrogen-bond donors (Lipinski definition) is 0. The van der Waals surface area contributed by atoms with Crippen molar-refractivity contribution < 1.29 is 4.42 Å². The summed E-state index contributed by atoms with van der Waals surface area (Å²) in [6, 6.07) is 59.9. The Morgan fingerprint density at radius 1 is 0.404 bits per heavy atom. The van der Waals surface area contributed by atoms with Gasteiger partial charge in [0.05, 0.1) is 32.5 Å². The SMILES string of the molecule is c1ccc(-c2nnc(-c3ccccc3-c3cccc4c3sc3c(-n5c6ccccc6c6c5c5ccccc5n6-c5ccccc5)cccc34)o2)cc1. The first-order valence-corrected chi connectivity index (χ1v) is 18.2. The molecule has 0 bridgehead atoms. The summed E-state index contributed by atoms with van der Waals surface area (Å²) in [5, 5.41) is 13.8.